The van der Waals surface area contributed by atoms with Crippen molar-refractivity contribution in [2.24, 2.45) is 0 Å². The molecule has 1 N–H and O–H groups in total. The molecule has 10 aromatic carbocycles. The van der Waals surface area contributed by atoms with E-state index < -0.39 is 0 Å². The zero-order valence-electron chi connectivity index (χ0n) is 31.7. The summed E-state index contributed by atoms with van der Waals surface area (Å²) in [6.07, 6.45) is 0. The molecule has 0 radical (unpaired) electrons. The van der Waals surface area contributed by atoms with Crippen molar-refractivity contribution in [3.63, 3.8) is 0 Å². The van der Waals surface area contributed by atoms with Crippen LogP contribution in [-0.4, -0.2) is 0 Å². The summed E-state index contributed by atoms with van der Waals surface area (Å²) in [5, 5.41) is 10.8. The molecule has 0 unspecified atom stereocenters. The monoisotopic (exact) mass is 739 g/mol. The second-order valence-electron chi connectivity index (χ2n) is 15.0. The number of anilines is 2. The molecule has 1 aromatic heterocycles. The Morgan fingerprint density at radius 1 is 0.293 bits per heavy atom. The van der Waals surface area contributed by atoms with Crippen molar-refractivity contribution in [1.29, 1.82) is 0 Å². The minimum Gasteiger partial charge on any atom is -0.455 e. The average Bonchev–Trinajstić information content (AvgIpc) is 3.68. The summed E-state index contributed by atoms with van der Waals surface area (Å²) < 4.78 is 6.74. The van der Waals surface area contributed by atoms with Crippen LogP contribution in [0.15, 0.2) is 223 Å². The first kappa shape index (κ1) is 33.6. The molecule has 0 atom stereocenters. The summed E-state index contributed by atoms with van der Waals surface area (Å²) in [5.74, 6) is 0. The first-order valence-electron chi connectivity index (χ1n) is 19.8. The Morgan fingerprint density at radius 3 is 1.60 bits per heavy atom. The molecule has 1 heterocycles. The lowest BCUT2D eigenvalue weighted by Gasteiger charge is -2.18. The van der Waals surface area contributed by atoms with E-state index in [4.69, 9.17) is 4.42 Å². The fourth-order valence-corrected chi connectivity index (χ4v) is 8.44. The van der Waals surface area contributed by atoms with Crippen LogP contribution < -0.4 is 5.32 Å². The number of nitrogens with one attached hydrogen (secondary N) is 1. The fourth-order valence-electron chi connectivity index (χ4n) is 8.44. The SMILES string of the molecule is c1ccc(-c2ccc(-c3ccc(Nc4ccc(-c5ccc6ccccc6c5)cc4)c(-c4cc5c(cc4-c4ccccc4)oc4c6ccccc6ccc54)c3)cc2)cc1. The lowest BCUT2D eigenvalue weighted by atomic mass is 9.89. The van der Waals surface area contributed by atoms with Gasteiger partial charge >= 0.3 is 0 Å². The predicted octanol–water partition coefficient (Wildman–Crippen LogP) is 16.0. The van der Waals surface area contributed by atoms with Crippen LogP contribution in [-0.2, 0) is 0 Å². The van der Waals surface area contributed by atoms with Gasteiger partial charge in [0.25, 0.3) is 0 Å². The standard InChI is InChI=1S/C56H37NO/c1-3-11-37(12-4-1)39-19-21-40(22-20-39)46-28-32-54(57-47-29-25-41(26-30-47)45-24-23-38-13-7-8-17-44(38)33-45)52(34-46)51-35-53-49-31-27-43-16-9-10-18-48(43)56(49)58-55(53)36-50(51)42-14-5-2-6-15-42/h1-36,57H. The lowest BCUT2D eigenvalue weighted by molar-refractivity contribution is 0.673. The van der Waals surface area contributed by atoms with Gasteiger partial charge in [0, 0.05) is 33.1 Å². The van der Waals surface area contributed by atoms with Gasteiger partial charge in [0.15, 0.2) is 0 Å². The van der Waals surface area contributed by atoms with Gasteiger partial charge in [0.05, 0.1) is 0 Å². The summed E-state index contributed by atoms with van der Waals surface area (Å²) in [6, 6.07) is 78.3. The van der Waals surface area contributed by atoms with Crippen molar-refractivity contribution in [2.75, 3.05) is 5.32 Å². The zero-order valence-corrected chi connectivity index (χ0v) is 31.7. The second kappa shape index (κ2) is 14.1. The summed E-state index contributed by atoms with van der Waals surface area (Å²) >= 11 is 0. The van der Waals surface area contributed by atoms with Crippen LogP contribution in [0.3, 0.4) is 0 Å². The van der Waals surface area contributed by atoms with E-state index >= 15 is 0 Å². The topological polar surface area (TPSA) is 25.2 Å². The highest BCUT2D eigenvalue weighted by Gasteiger charge is 2.19. The second-order valence-corrected chi connectivity index (χ2v) is 15.0. The molecule has 0 aliphatic carbocycles. The number of rotatable bonds is 7. The van der Waals surface area contributed by atoms with Gasteiger partial charge in [-0.1, -0.05) is 170 Å². The molecule has 0 spiro atoms. The van der Waals surface area contributed by atoms with Crippen LogP contribution >= 0.6 is 0 Å². The Bertz CT molecular complexity index is 3270. The molecule has 0 aliphatic heterocycles. The Kier molecular flexibility index (Phi) is 8.19. The largest absolute Gasteiger partial charge is 0.455 e. The van der Waals surface area contributed by atoms with Crippen LogP contribution in [0.4, 0.5) is 11.4 Å². The van der Waals surface area contributed by atoms with Crippen LogP contribution in [0.2, 0.25) is 0 Å². The lowest BCUT2D eigenvalue weighted by Crippen LogP contribution is -1.96. The molecule has 0 saturated heterocycles. The normalized spacial score (nSPS) is 11.4. The summed E-state index contributed by atoms with van der Waals surface area (Å²) in [6.45, 7) is 0. The third kappa shape index (κ3) is 6.09. The maximum Gasteiger partial charge on any atom is 0.143 e. The van der Waals surface area contributed by atoms with Gasteiger partial charge in [-0.15, -0.1) is 0 Å². The van der Waals surface area contributed by atoms with E-state index in [1.165, 1.54) is 38.4 Å². The molecule has 2 nitrogen and oxygen atoms in total. The summed E-state index contributed by atoms with van der Waals surface area (Å²) in [7, 11) is 0. The molecule has 0 saturated carbocycles. The molecule has 0 bridgehead atoms. The van der Waals surface area contributed by atoms with Crippen LogP contribution in [0, 0.1) is 0 Å². The Balaban J connectivity index is 1.07. The third-order valence-electron chi connectivity index (χ3n) is 11.5. The van der Waals surface area contributed by atoms with Crippen molar-refractivity contribution >= 4 is 54.9 Å². The molecule has 11 rings (SSSR count). The first-order chi connectivity index (χ1) is 28.7. The van der Waals surface area contributed by atoms with E-state index in [9.17, 15) is 0 Å². The summed E-state index contributed by atoms with van der Waals surface area (Å²) in [4.78, 5) is 0. The van der Waals surface area contributed by atoms with Crippen molar-refractivity contribution in [3.8, 4) is 55.6 Å². The van der Waals surface area contributed by atoms with Gasteiger partial charge in [-0.3, -0.25) is 0 Å². The summed E-state index contributed by atoms with van der Waals surface area (Å²) in [5.41, 5.74) is 15.4. The number of furan rings is 1. The minimum atomic E-state index is 0.875. The highest BCUT2D eigenvalue weighted by atomic mass is 16.3. The van der Waals surface area contributed by atoms with E-state index in [-0.39, 0.29) is 0 Å². The Hall–Kier alpha value is -7.68. The molecule has 272 valence electrons. The number of hydrogen-bond donors (Lipinski definition) is 1. The average molecular weight is 740 g/mol. The quantitative estimate of drug-likeness (QED) is 0.176. The highest BCUT2D eigenvalue weighted by Crippen LogP contribution is 2.45. The van der Waals surface area contributed by atoms with E-state index in [1.54, 1.807) is 0 Å². The fraction of sp³-hybridized carbons (Fsp3) is 0. The highest BCUT2D eigenvalue weighted by molar-refractivity contribution is 6.17. The van der Waals surface area contributed by atoms with E-state index in [2.05, 4.69) is 224 Å². The molecule has 0 aliphatic rings. The third-order valence-corrected chi connectivity index (χ3v) is 11.5. The molecule has 11 aromatic rings. The Morgan fingerprint density at radius 2 is 0.845 bits per heavy atom. The van der Waals surface area contributed by atoms with Crippen LogP contribution in [0.5, 0.6) is 0 Å². The number of fused-ring (bicyclic) bond motifs is 6. The molecular formula is C56H37NO. The first-order valence-corrected chi connectivity index (χ1v) is 19.8. The van der Waals surface area contributed by atoms with Gasteiger partial charge in [0.2, 0.25) is 0 Å². The number of hydrogen-bond acceptors (Lipinski definition) is 2. The van der Waals surface area contributed by atoms with Gasteiger partial charge in [-0.05, 0) is 115 Å². The predicted molar refractivity (Wildman–Crippen MR) is 246 cm³/mol. The Labute approximate surface area is 337 Å². The van der Waals surface area contributed by atoms with Gasteiger partial charge < -0.3 is 9.73 Å². The van der Waals surface area contributed by atoms with Crippen molar-refractivity contribution in [3.05, 3.63) is 218 Å². The zero-order chi connectivity index (χ0) is 38.4. The molecule has 2 heteroatoms. The van der Waals surface area contributed by atoms with Crippen molar-refractivity contribution in [1.82, 2.24) is 0 Å². The smallest absolute Gasteiger partial charge is 0.143 e. The van der Waals surface area contributed by atoms with Crippen molar-refractivity contribution in [2.45, 2.75) is 0 Å². The minimum absolute atomic E-state index is 0.875. The molecular weight excluding hydrogens is 703 g/mol. The van der Waals surface area contributed by atoms with Gasteiger partial charge in [-0.25, -0.2) is 0 Å². The van der Waals surface area contributed by atoms with Gasteiger partial charge in [-0.2, -0.15) is 0 Å². The van der Waals surface area contributed by atoms with Crippen LogP contribution in [0.25, 0.3) is 99.1 Å². The van der Waals surface area contributed by atoms with Crippen LogP contribution in [0.1, 0.15) is 0 Å². The maximum absolute atomic E-state index is 6.74. The van der Waals surface area contributed by atoms with Crippen molar-refractivity contribution < 1.29 is 4.42 Å². The maximum atomic E-state index is 6.74. The van der Waals surface area contributed by atoms with E-state index in [1.807, 2.05) is 0 Å². The van der Waals surface area contributed by atoms with E-state index in [0.717, 1.165) is 72.1 Å². The van der Waals surface area contributed by atoms with Gasteiger partial charge in [0.1, 0.15) is 11.2 Å². The number of benzene rings is 10. The molecule has 0 fully saturated rings. The molecule has 58 heavy (non-hydrogen) atoms. The molecule has 0 amide bonds. The van der Waals surface area contributed by atoms with E-state index in [0.29, 0.717) is 0 Å².